The van der Waals surface area contributed by atoms with E-state index in [0.717, 1.165) is 24.4 Å². The molecule has 2 aromatic carbocycles. The summed E-state index contributed by atoms with van der Waals surface area (Å²) in [4.78, 5) is 12.5. The number of hydrogen-bond acceptors (Lipinski definition) is 3. The van der Waals surface area contributed by atoms with Crippen LogP contribution in [0, 0.1) is 19.7 Å². The third-order valence-corrected chi connectivity index (χ3v) is 5.13. The van der Waals surface area contributed by atoms with Crippen LogP contribution in [-0.2, 0) is 6.42 Å². The van der Waals surface area contributed by atoms with Gasteiger partial charge in [0, 0.05) is 23.8 Å². The molecule has 2 N–H and O–H groups in total. The summed E-state index contributed by atoms with van der Waals surface area (Å²) >= 11 is 0. The average Bonchev–Trinajstić information content (AvgIpc) is 3.03. The van der Waals surface area contributed by atoms with E-state index in [1.807, 2.05) is 32.0 Å². The number of halogens is 1. The van der Waals surface area contributed by atoms with Gasteiger partial charge in [-0.1, -0.05) is 24.3 Å². The molecular formula is C22H23FN4O. The minimum atomic E-state index is -0.472. The van der Waals surface area contributed by atoms with Crippen LogP contribution in [-0.4, -0.2) is 28.8 Å². The maximum atomic E-state index is 14.6. The van der Waals surface area contributed by atoms with E-state index in [0.29, 0.717) is 17.8 Å². The molecule has 3 aromatic rings. The number of amides is 1. The number of benzene rings is 2. The number of carbonyl (C=O) groups is 1. The zero-order chi connectivity index (χ0) is 19.7. The minimum Gasteiger partial charge on any atom is -0.350 e. The van der Waals surface area contributed by atoms with Crippen molar-refractivity contribution in [3.63, 3.8) is 0 Å². The minimum absolute atomic E-state index is 0.0627. The van der Waals surface area contributed by atoms with Gasteiger partial charge in [-0.2, -0.15) is 5.10 Å². The molecule has 0 bridgehead atoms. The van der Waals surface area contributed by atoms with Gasteiger partial charge in [-0.3, -0.25) is 4.79 Å². The van der Waals surface area contributed by atoms with Crippen LogP contribution in [0.25, 0.3) is 5.69 Å². The molecule has 1 aromatic heterocycles. The first-order valence-corrected chi connectivity index (χ1v) is 9.45. The first kappa shape index (κ1) is 18.4. The van der Waals surface area contributed by atoms with Crippen molar-refractivity contribution in [2.45, 2.75) is 26.3 Å². The number of rotatable bonds is 4. The van der Waals surface area contributed by atoms with Crippen LogP contribution in [0.1, 0.15) is 38.9 Å². The first-order valence-electron chi connectivity index (χ1n) is 9.45. The highest BCUT2D eigenvalue weighted by atomic mass is 19.1. The Morgan fingerprint density at radius 1 is 1.25 bits per heavy atom. The molecule has 1 atom stereocenters. The van der Waals surface area contributed by atoms with E-state index in [9.17, 15) is 9.18 Å². The van der Waals surface area contributed by atoms with Gasteiger partial charge in [0.15, 0.2) is 0 Å². The van der Waals surface area contributed by atoms with Crippen molar-refractivity contribution in [1.29, 1.82) is 0 Å². The molecule has 0 fully saturated rings. The van der Waals surface area contributed by atoms with Crippen LogP contribution < -0.4 is 10.6 Å². The highest BCUT2D eigenvalue weighted by Gasteiger charge is 2.20. The van der Waals surface area contributed by atoms with E-state index in [2.05, 4.69) is 27.9 Å². The largest absolute Gasteiger partial charge is 0.350 e. The van der Waals surface area contributed by atoms with Gasteiger partial charge in [0.25, 0.3) is 5.91 Å². The second kappa shape index (κ2) is 7.56. The highest BCUT2D eigenvalue weighted by Crippen LogP contribution is 2.22. The lowest BCUT2D eigenvalue weighted by atomic mass is 9.94. The van der Waals surface area contributed by atoms with Crippen molar-refractivity contribution in [2.75, 3.05) is 13.1 Å². The predicted octanol–water partition coefficient (Wildman–Crippen LogP) is 3.25. The fourth-order valence-corrected chi connectivity index (χ4v) is 3.76. The molecule has 4 rings (SSSR count). The molecule has 0 radical (unpaired) electrons. The van der Waals surface area contributed by atoms with Crippen molar-refractivity contribution in [1.82, 2.24) is 20.4 Å². The van der Waals surface area contributed by atoms with E-state index in [1.54, 1.807) is 16.8 Å². The monoisotopic (exact) mass is 378 g/mol. The number of hydrogen-bond donors (Lipinski definition) is 2. The summed E-state index contributed by atoms with van der Waals surface area (Å²) in [6, 6.07) is 14.7. The summed E-state index contributed by atoms with van der Waals surface area (Å²) in [7, 11) is 0. The van der Waals surface area contributed by atoms with Gasteiger partial charge in [-0.15, -0.1) is 0 Å². The molecule has 1 aliphatic heterocycles. The van der Waals surface area contributed by atoms with Crippen LogP contribution in [0.15, 0.2) is 48.5 Å². The Morgan fingerprint density at radius 2 is 2.07 bits per heavy atom. The van der Waals surface area contributed by atoms with Crippen molar-refractivity contribution in [3.05, 3.63) is 82.4 Å². The van der Waals surface area contributed by atoms with Crippen LogP contribution in [0.2, 0.25) is 0 Å². The molecule has 1 unspecified atom stereocenters. The molecule has 0 spiro atoms. The number of carbonyl (C=O) groups excluding carboxylic acids is 1. The molecule has 2 heterocycles. The molecule has 0 saturated carbocycles. The topological polar surface area (TPSA) is 59.0 Å². The molecule has 6 heteroatoms. The van der Waals surface area contributed by atoms with E-state index < -0.39 is 5.82 Å². The average molecular weight is 378 g/mol. The summed E-state index contributed by atoms with van der Waals surface area (Å²) in [6.07, 6.45) is 0.986. The Balaban J connectivity index is 1.47. The number of fused-ring (bicyclic) bond motifs is 1. The molecule has 144 valence electrons. The van der Waals surface area contributed by atoms with Crippen molar-refractivity contribution in [2.24, 2.45) is 0 Å². The molecule has 0 saturated heterocycles. The van der Waals surface area contributed by atoms with Crippen LogP contribution >= 0.6 is 0 Å². The quantitative estimate of drug-likeness (QED) is 0.733. The fourth-order valence-electron chi connectivity index (χ4n) is 3.76. The maximum Gasteiger partial charge on any atom is 0.251 e. The van der Waals surface area contributed by atoms with Crippen molar-refractivity contribution < 1.29 is 9.18 Å². The number of nitrogens with one attached hydrogen (secondary N) is 2. The molecule has 28 heavy (non-hydrogen) atoms. The Bertz CT molecular complexity index is 1030. The Morgan fingerprint density at radius 3 is 2.82 bits per heavy atom. The smallest absolute Gasteiger partial charge is 0.251 e. The maximum absolute atomic E-state index is 14.6. The lowest BCUT2D eigenvalue weighted by Gasteiger charge is -2.27. The molecule has 1 amide bonds. The van der Waals surface area contributed by atoms with Crippen LogP contribution in [0.4, 0.5) is 4.39 Å². The predicted molar refractivity (Wildman–Crippen MR) is 106 cm³/mol. The number of aryl methyl sites for hydroxylation is 2. The van der Waals surface area contributed by atoms with E-state index in [-0.39, 0.29) is 11.9 Å². The Labute approximate surface area is 163 Å². The van der Waals surface area contributed by atoms with Gasteiger partial charge in [-0.05, 0) is 62.2 Å². The number of aromatic nitrogens is 2. The third kappa shape index (κ3) is 3.55. The third-order valence-electron chi connectivity index (χ3n) is 5.13. The van der Waals surface area contributed by atoms with Crippen molar-refractivity contribution in [3.8, 4) is 5.69 Å². The Hall–Kier alpha value is -2.99. The molecule has 5 nitrogen and oxygen atoms in total. The van der Waals surface area contributed by atoms with Gasteiger partial charge in [0.05, 0.1) is 5.69 Å². The van der Waals surface area contributed by atoms with Gasteiger partial charge in [0.2, 0.25) is 0 Å². The first-order chi connectivity index (χ1) is 13.5. The SMILES string of the molecule is Cc1cc(C)n(-c2ccc(C(=O)NCC3NCCc4ccccc43)cc2F)n1. The second-order valence-corrected chi connectivity index (χ2v) is 7.17. The lowest BCUT2D eigenvalue weighted by molar-refractivity contribution is 0.0948. The second-order valence-electron chi connectivity index (χ2n) is 7.17. The summed E-state index contributed by atoms with van der Waals surface area (Å²) in [6.45, 7) is 5.07. The summed E-state index contributed by atoms with van der Waals surface area (Å²) in [5, 5.41) is 10.7. The highest BCUT2D eigenvalue weighted by molar-refractivity contribution is 5.94. The summed E-state index contributed by atoms with van der Waals surface area (Å²) in [5.41, 5.74) is 4.81. The van der Waals surface area contributed by atoms with E-state index >= 15 is 0 Å². The molecule has 0 aliphatic carbocycles. The van der Waals surface area contributed by atoms with Gasteiger partial charge in [-0.25, -0.2) is 9.07 Å². The molecular weight excluding hydrogens is 355 g/mol. The zero-order valence-corrected chi connectivity index (χ0v) is 16.0. The van der Waals surface area contributed by atoms with Gasteiger partial charge >= 0.3 is 0 Å². The Kier molecular flexibility index (Phi) is 4.96. The molecule has 1 aliphatic rings. The lowest BCUT2D eigenvalue weighted by Crippen LogP contribution is -2.38. The van der Waals surface area contributed by atoms with Crippen molar-refractivity contribution >= 4 is 5.91 Å². The van der Waals surface area contributed by atoms with E-state index in [4.69, 9.17) is 0 Å². The summed E-state index contributed by atoms with van der Waals surface area (Å²) < 4.78 is 16.2. The number of nitrogens with zero attached hydrogens (tertiary/aromatic N) is 2. The van der Waals surface area contributed by atoms with Gasteiger partial charge < -0.3 is 10.6 Å². The van der Waals surface area contributed by atoms with E-state index in [1.165, 1.54) is 17.2 Å². The standard InChI is InChI=1S/C22H23FN4O/c1-14-11-15(2)27(26-14)21-8-7-17(12-19(21)23)22(28)25-13-20-18-6-4-3-5-16(18)9-10-24-20/h3-8,11-12,20,24H,9-10,13H2,1-2H3,(H,25,28). The fraction of sp³-hybridized carbons (Fsp3) is 0.273. The summed E-state index contributed by atoms with van der Waals surface area (Å²) in [5.74, 6) is -0.761. The van der Waals surface area contributed by atoms with Crippen LogP contribution in [0.3, 0.4) is 0 Å². The van der Waals surface area contributed by atoms with Gasteiger partial charge in [0.1, 0.15) is 11.5 Å². The van der Waals surface area contributed by atoms with Crippen LogP contribution in [0.5, 0.6) is 0 Å². The normalized spacial score (nSPS) is 15.9. The zero-order valence-electron chi connectivity index (χ0n) is 16.0.